The number of phenolic OH excluding ortho intramolecular Hbond substituents is 1. The highest BCUT2D eigenvalue weighted by molar-refractivity contribution is 6.49. The third-order valence-electron chi connectivity index (χ3n) is 4.66. The number of halogens is 4. The second kappa shape index (κ2) is 8.10. The van der Waals surface area contributed by atoms with Crippen LogP contribution in [0.2, 0.25) is 15.3 Å². The lowest BCUT2D eigenvalue weighted by molar-refractivity contribution is 0.0983. The molecule has 154 valence electrons. The molecule has 1 heterocycles. The summed E-state index contributed by atoms with van der Waals surface area (Å²) in [6, 6.07) is 3.92. The highest BCUT2D eigenvalue weighted by Gasteiger charge is 2.27. The number of hydrogen-bond acceptors (Lipinski definition) is 2. The molecular weight excluding hydrogens is 440 g/mol. The van der Waals surface area contributed by atoms with Crippen molar-refractivity contribution in [2.75, 3.05) is 0 Å². The smallest absolute Gasteiger partial charge is 0.167 e. The Morgan fingerprint density at radius 1 is 0.964 bits per heavy atom. The van der Waals surface area contributed by atoms with Crippen LogP contribution < -0.4 is 0 Å². The summed E-state index contributed by atoms with van der Waals surface area (Å²) in [5.41, 5.74) is 2.33. The fraction of sp³-hybridized carbons (Fsp3) is 0.476. The number of ketones is 1. The average Bonchev–Trinajstić information content (AvgIpc) is 2.75. The minimum absolute atomic E-state index is 0.0122. The molecule has 0 amide bonds. The molecule has 0 saturated carbocycles. The fourth-order valence-corrected chi connectivity index (χ4v) is 4.11. The van der Waals surface area contributed by atoms with Crippen LogP contribution in [-0.4, -0.2) is 15.0 Å². The van der Waals surface area contributed by atoms with E-state index in [1.165, 1.54) is 0 Å². The van der Waals surface area contributed by atoms with Gasteiger partial charge in [0.15, 0.2) is 5.78 Å². The summed E-state index contributed by atoms with van der Waals surface area (Å²) >= 11 is 24.1. The lowest BCUT2D eigenvalue weighted by Gasteiger charge is -2.28. The molecule has 7 heteroatoms. The predicted molar refractivity (Wildman–Crippen MR) is 119 cm³/mol. The first-order valence-electron chi connectivity index (χ1n) is 8.97. The first-order chi connectivity index (χ1) is 12.7. The van der Waals surface area contributed by atoms with E-state index >= 15 is 0 Å². The Morgan fingerprint density at radius 3 is 1.79 bits per heavy atom. The zero-order chi connectivity index (χ0) is 21.6. The largest absolute Gasteiger partial charge is 0.507 e. The lowest BCUT2D eigenvalue weighted by Crippen LogP contribution is -2.18. The molecule has 0 aliphatic rings. The van der Waals surface area contributed by atoms with Crippen LogP contribution in [0.3, 0.4) is 0 Å². The van der Waals surface area contributed by atoms with Crippen molar-refractivity contribution in [3.8, 4) is 5.75 Å². The van der Waals surface area contributed by atoms with Gasteiger partial charge in [-0.2, -0.15) is 0 Å². The van der Waals surface area contributed by atoms with Crippen molar-refractivity contribution in [1.82, 2.24) is 4.09 Å². The van der Waals surface area contributed by atoms with Crippen LogP contribution in [0, 0.1) is 0 Å². The highest BCUT2D eigenvalue weighted by Crippen LogP contribution is 2.40. The van der Waals surface area contributed by atoms with Gasteiger partial charge >= 0.3 is 0 Å². The van der Waals surface area contributed by atoms with Gasteiger partial charge in [0.2, 0.25) is 0 Å². The molecule has 2 rings (SSSR count). The molecule has 0 spiro atoms. The van der Waals surface area contributed by atoms with Gasteiger partial charge in [-0.15, -0.1) is 0 Å². The number of Topliss-reactive ketones (excluding diaryl/α,β-unsaturated/α-hetero) is 1. The third kappa shape index (κ3) is 4.64. The molecule has 0 saturated heterocycles. The average molecular weight is 465 g/mol. The van der Waals surface area contributed by atoms with Crippen LogP contribution in [0.4, 0.5) is 0 Å². The molecule has 0 aliphatic heterocycles. The first-order valence-corrected chi connectivity index (χ1v) is 10.4. The Balaban J connectivity index is 2.39. The molecular formula is C21H25Cl4NO2. The molecule has 0 bridgehead atoms. The molecule has 1 aromatic heterocycles. The summed E-state index contributed by atoms with van der Waals surface area (Å²) in [5, 5.41) is 10.9. The first kappa shape index (κ1) is 23.4. The summed E-state index contributed by atoms with van der Waals surface area (Å²) in [6.45, 7) is 12.3. The van der Waals surface area contributed by atoms with Crippen molar-refractivity contribution < 1.29 is 9.90 Å². The summed E-state index contributed by atoms with van der Waals surface area (Å²) in [6.07, 6.45) is 0.664. The van der Waals surface area contributed by atoms with E-state index in [0.717, 1.165) is 20.8 Å². The van der Waals surface area contributed by atoms with E-state index in [1.54, 1.807) is 0 Å². The maximum atomic E-state index is 12.7. The number of nitrogens with zero attached hydrogens (tertiary/aromatic N) is 1. The molecule has 3 nitrogen and oxygen atoms in total. The second-order valence-corrected chi connectivity index (χ2v) is 10.4. The van der Waals surface area contributed by atoms with Crippen LogP contribution in [0.1, 0.15) is 75.0 Å². The minimum atomic E-state index is -0.237. The molecule has 0 aliphatic carbocycles. The molecule has 1 aromatic carbocycles. The fourth-order valence-electron chi connectivity index (χ4n) is 3.07. The van der Waals surface area contributed by atoms with E-state index in [-0.39, 0.29) is 43.9 Å². The molecule has 2 aromatic rings. The number of rotatable bonds is 4. The van der Waals surface area contributed by atoms with Gasteiger partial charge < -0.3 is 5.11 Å². The number of phenols is 1. The lowest BCUT2D eigenvalue weighted by atomic mass is 9.78. The normalized spacial score (nSPS) is 12.5. The Kier molecular flexibility index (Phi) is 6.77. The zero-order valence-electron chi connectivity index (χ0n) is 16.9. The van der Waals surface area contributed by atoms with Crippen LogP contribution in [0.5, 0.6) is 5.75 Å². The second-order valence-electron chi connectivity index (χ2n) is 9.01. The van der Waals surface area contributed by atoms with Crippen LogP contribution in [-0.2, 0) is 17.3 Å². The van der Waals surface area contributed by atoms with Crippen molar-refractivity contribution in [2.24, 2.45) is 0 Å². The Hall–Kier alpha value is -0.870. The molecule has 28 heavy (non-hydrogen) atoms. The Bertz CT molecular complexity index is 857. The van der Waals surface area contributed by atoms with Gasteiger partial charge in [0.25, 0.3) is 0 Å². The molecule has 1 N–H and O–H groups in total. The van der Waals surface area contributed by atoms with Crippen molar-refractivity contribution in [2.45, 2.75) is 65.2 Å². The summed E-state index contributed by atoms with van der Waals surface area (Å²) in [7, 11) is 0. The van der Waals surface area contributed by atoms with E-state index in [2.05, 4.69) is 0 Å². The van der Waals surface area contributed by atoms with Crippen molar-refractivity contribution in [3.63, 3.8) is 0 Å². The third-order valence-corrected chi connectivity index (χ3v) is 6.35. The van der Waals surface area contributed by atoms with Crippen molar-refractivity contribution in [3.05, 3.63) is 49.7 Å². The van der Waals surface area contributed by atoms with E-state index in [0.29, 0.717) is 12.2 Å². The van der Waals surface area contributed by atoms with E-state index in [4.69, 9.17) is 46.6 Å². The summed E-state index contributed by atoms with van der Waals surface area (Å²) < 4.78 is 0.967. The standard InChI is InChI=1S/C21H25Cl4NO2/c1-20(2,3)12-9-11(10-13(17(12)28)21(4,5)6)7-8-14(27)15-16(22)19(24)26(25)18(15)23/h9-10,28H,7-8H2,1-6H3. The predicted octanol–water partition coefficient (Wildman–Crippen LogP) is 7.57. The van der Waals surface area contributed by atoms with Gasteiger partial charge in [-0.05, 0) is 33.9 Å². The maximum absolute atomic E-state index is 12.7. The topological polar surface area (TPSA) is 42.2 Å². The van der Waals surface area contributed by atoms with Gasteiger partial charge in [-0.3, -0.25) is 4.79 Å². The van der Waals surface area contributed by atoms with Gasteiger partial charge in [0.05, 0.1) is 10.6 Å². The number of aromatic hydroxyl groups is 1. The minimum Gasteiger partial charge on any atom is -0.507 e. The van der Waals surface area contributed by atoms with Crippen molar-refractivity contribution in [1.29, 1.82) is 0 Å². The van der Waals surface area contributed by atoms with Crippen molar-refractivity contribution >= 4 is 52.4 Å². The van der Waals surface area contributed by atoms with Gasteiger partial charge in [0.1, 0.15) is 16.1 Å². The van der Waals surface area contributed by atoms with E-state index in [9.17, 15) is 9.90 Å². The number of hydrogen-bond donors (Lipinski definition) is 1. The highest BCUT2D eigenvalue weighted by atomic mass is 35.5. The van der Waals surface area contributed by atoms with Gasteiger partial charge in [0, 0.05) is 18.2 Å². The van der Waals surface area contributed by atoms with E-state index in [1.807, 2.05) is 53.7 Å². The number of carbonyl (C=O) groups is 1. The van der Waals surface area contributed by atoms with E-state index < -0.39 is 0 Å². The Labute approximate surface area is 186 Å². The quantitative estimate of drug-likeness (QED) is 0.474. The Morgan fingerprint density at radius 2 is 1.43 bits per heavy atom. The SMILES string of the molecule is CC(C)(C)c1cc(CCC(=O)c2c(Cl)c(Cl)n(Cl)c2Cl)cc(C(C)(C)C)c1O. The summed E-state index contributed by atoms with van der Waals surface area (Å²) in [5.74, 6) is 0.0751. The number of carbonyl (C=O) groups excluding carboxylic acids is 1. The molecule has 0 radical (unpaired) electrons. The molecule has 0 fully saturated rings. The van der Waals surface area contributed by atoms with Gasteiger partial charge in [-0.1, -0.05) is 88.5 Å². The molecule has 0 unspecified atom stereocenters. The van der Waals surface area contributed by atoms with Crippen LogP contribution >= 0.6 is 46.6 Å². The zero-order valence-corrected chi connectivity index (χ0v) is 19.9. The number of benzene rings is 1. The number of aromatic nitrogens is 1. The number of aryl methyl sites for hydroxylation is 1. The summed E-state index contributed by atoms with van der Waals surface area (Å²) in [4.78, 5) is 12.7. The maximum Gasteiger partial charge on any atom is 0.167 e. The van der Waals surface area contributed by atoms with Crippen LogP contribution in [0.25, 0.3) is 0 Å². The monoisotopic (exact) mass is 463 g/mol. The van der Waals surface area contributed by atoms with Gasteiger partial charge in [-0.25, -0.2) is 4.09 Å². The molecule has 0 atom stereocenters. The van der Waals surface area contributed by atoms with Crippen LogP contribution in [0.15, 0.2) is 12.1 Å².